The Hall–Kier alpha value is -0.810. The third-order valence-electron chi connectivity index (χ3n) is 1.84. The monoisotopic (exact) mass is 225 g/mol. The molecule has 0 unspecified atom stereocenters. The van der Waals surface area contributed by atoms with E-state index < -0.39 is 11.8 Å². The lowest BCUT2D eigenvalue weighted by molar-refractivity contribution is -0.259. The van der Waals surface area contributed by atoms with Crippen LogP contribution in [0.25, 0.3) is 0 Å². The van der Waals surface area contributed by atoms with Crippen LogP contribution in [0.4, 0.5) is 13.2 Å². The minimum atomic E-state index is -4.73. The van der Waals surface area contributed by atoms with Crippen LogP contribution in [0.5, 0.6) is 0 Å². The van der Waals surface area contributed by atoms with Crippen molar-refractivity contribution >= 4 is 11.6 Å². The van der Waals surface area contributed by atoms with Gasteiger partial charge < -0.3 is 5.11 Å². The first-order chi connectivity index (χ1) is 6.25. The summed E-state index contributed by atoms with van der Waals surface area (Å²) in [5.74, 6) is 0. The molecule has 1 N–H and O–H groups in total. The van der Waals surface area contributed by atoms with E-state index in [2.05, 4.69) is 4.98 Å². The molecule has 1 aromatic rings. The van der Waals surface area contributed by atoms with Crippen LogP contribution in [0.2, 0.25) is 5.15 Å². The number of hydrogen-bond donors (Lipinski definition) is 1. The largest absolute Gasteiger partial charge is 0.421 e. The van der Waals surface area contributed by atoms with E-state index >= 15 is 0 Å². The van der Waals surface area contributed by atoms with Crippen molar-refractivity contribution in [2.45, 2.75) is 18.7 Å². The maximum Gasteiger partial charge on any atom is 0.421 e. The predicted octanol–water partition coefficient (Wildman–Crippen LogP) is 2.50. The van der Waals surface area contributed by atoms with Gasteiger partial charge >= 0.3 is 6.18 Å². The van der Waals surface area contributed by atoms with Gasteiger partial charge in [-0.1, -0.05) is 17.7 Å². The van der Waals surface area contributed by atoms with Crippen molar-refractivity contribution in [3.05, 3.63) is 29.0 Å². The fourth-order valence-electron chi connectivity index (χ4n) is 0.827. The number of pyridine rings is 1. The average molecular weight is 226 g/mol. The summed E-state index contributed by atoms with van der Waals surface area (Å²) in [6.07, 6.45) is -3.83. The van der Waals surface area contributed by atoms with Crippen molar-refractivity contribution in [3.63, 3.8) is 0 Å². The highest BCUT2D eigenvalue weighted by atomic mass is 35.5. The van der Waals surface area contributed by atoms with Gasteiger partial charge in [0.15, 0.2) is 5.60 Å². The Kier molecular flexibility index (Phi) is 2.74. The Morgan fingerprint density at radius 3 is 2.29 bits per heavy atom. The van der Waals surface area contributed by atoms with Gasteiger partial charge in [-0.3, -0.25) is 0 Å². The van der Waals surface area contributed by atoms with Crippen molar-refractivity contribution in [1.29, 1.82) is 0 Å². The number of aromatic nitrogens is 1. The van der Waals surface area contributed by atoms with Crippen molar-refractivity contribution in [2.75, 3.05) is 0 Å². The summed E-state index contributed by atoms with van der Waals surface area (Å²) in [5.41, 5.74) is -3.24. The van der Waals surface area contributed by atoms with E-state index in [4.69, 9.17) is 11.6 Å². The highest BCUT2D eigenvalue weighted by Crippen LogP contribution is 2.38. The first-order valence-electron chi connectivity index (χ1n) is 3.66. The molecule has 2 nitrogen and oxygen atoms in total. The Morgan fingerprint density at radius 1 is 1.36 bits per heavy atom. The zero-order valence-corrected chi connectivity index (χ0v) is 7.89. The molecule has 0 saturated carbocycles. The highest BCUT2D eigenvalue weighted by molar-refractivity contribution is 6.29. The zero-order valence-electron chi connectivity index (χ0n) is 7.14. The highest BCUT2D eigenvalue weighted by Gasteiger charge is 2.51. The molecule has 0 radical (unpaired) electrons. The summed E-state index contributed by atoms with van der Waals surface area (Å²) in [6, 6.07) is 2.28. The molecule has 0 aliphatic rings. The molecule has 6 heteroatoms. The zero-order chi connectivity index (χ0) is 11.0. The van der Waals surface area contributed by atoms with E-state index in [0.717, 1.165) is 12.3 Å². The smallest absolute Gasteiger partial charge is 0.376 e. The summed E-state index contributed by atoms with van der Waals surface area (Å²) in [5, 5.41) is 9.28. The van der Waals surface area contributed by atoms with Gasteiger partial charge in [-0.25, -0.2) is 4.98 Å². The van der Waals surface area contributed by atoms with Crippen LogP contribution >= 0.6 is 11.6 Å². The molecule has 0 bridgehead atoms. The second-order valence-corrected chi connectivity index (χ2v) is 3.33. The Morgan fingerprint density at radius 2 is 1.93 bits per heavy atom. The second-order valence-electron chi connectivity index (χ2n) is 2.94. The second kappa shape index (κ2) is 3.40. The van der Waals surface area contributed by atoms with Gasteiger partial charge in [0.2, 0.25) is 0 Å². The van der Waals surface area contributed by atoms with E-state index in [0.29, 0.717) is 6.92 Å². The van der Waals surface area contributed by atoms with Crippen LogP contribution in [0.1, 0.15) is 12.5 Å². The first kappa shape index (κ1) is 11.3. The Balaban J connectivity index is 3.10. The van der Waals surface area contributed by atoms with E-state index in [1.54, 1.807) is 0 Å². The topological polar surface area (TPSA) is 33.1 Å². The lowest BCUT2D eigenvalue weighted by Gasteiger charge is -2.26. The third kappa shape index (κ3) is 1.99. The molecule has 0 spiro atoms. The minimum absolute atomic E-state index is 0.0757. The molecule has 1 aromatic heterocycles. The average Bonchev–Trinajstić information content (AvgIpc) is 2.03. The lowest BCUT2D eigenvalue weighted by Crippen LogP contribution is -2.39. The van der Waals surface area contributed by atoms with Crippen molar-refractivity contribution < 1.29 is 18.3 Å². The van der Waals surface area contributed by atoms with Crippen LogP contribution in [0.3, 0.4) is 0 Å². The van der Waals surface area contributed by atoms with Gasteiger partial charge in [0, 0.05) is 11.8 Å². The molecular formula is C8H7ClF3NO. The van der Waals surface area contributed by atoms with E-state index in [9.17, 15) is 18.3 Å². The molecule has 1 heterocycles. The number of hydrogen-bond acceptors (Lipinski definition) is 2. The number of nitrogens with zero attached hydrogens (tertiary/aromatic N) is 1. The summed E-state index contributed by atoms with van der Waals surface area (Å²) in [6.45, 7) is 0.665. The fourth-order valence-corrected chi connectivity index (χ4v) is 0.939. The molecule has 0 aliphatic carbocycles. The third-order valence-corrected chi connectivity index (χ3v) is 2.07. The molecule has 0 aliphatic heterocycles. The van der Waals surface area contributed by atoms with Crippen LogP contribution in [0.15, 0.2) is 18.3 Å². The van der Waals surface area contributed by atoms with Crippen LogP contribution in [-0.4, -0.2) is 16.3 Å². The number of rotatable bonds is 1. The Labute approximate surface area is 83.3 Å². The normalized spacial score (nSPS) is 16.4. The summed E-state index contributed by atoms with van der Waals surface area (Å²) in [4.78, 5) is 3.46. The van der Waals surface area contributed by atoms with Gasteiger partial charge in [0.25, 0.3) is 0 Å². The van der Waals surface area contributed by atoms with E-state index in [1.807, 2.05) is 0 Å². The SMILES string of the molecule is C[C@](O)(c1ccc(Cl)nc1)C(F)(F)F. The van der Waals surface area contributed by atoms with E-state index in [-0.39, 0.29) is 10.7 Å². The first-order valence-corrected chi connectivity index (χ1v) is 4.04. The molecule has 0 saturated heterocycles. The Bertz CT molecular complexity index is 320. The molecule has 0 fully saturated rings. The predicted molar refractivity (Wildman–Crippen MR) is 44.9 cm³/mol. The van der Waals surface area contributed by atoms with Crippen LogP contribution < -0.4 is 0 Å². The molecule has 0 aromatic carbocycles. The lowest BCUT2D eigenvalue weighted by atomic mass is 9.97. The van der Waals surface area contributed by atoms with Gasteiger partial charge in [-0.05, 0) is 13.0 Å². The number of aliphatic hydroxyl groups is 1. The number of halogens is 4. The van der Waals surface area contributed by atoms with Gasteiger partial charge in [0.05, 0.1) is 0 Å². The van der Waals surface area contributed by atoms with Crippen molar-refractivity contribution in [2.24, 2.45) is 0 Å². The molecule has 78 valence electrons. The summed E-state index contributed by atoms with van der Waals surface area (Å²) in [7, 11) is 0. The minimum Gasteiger partial charge on any atom is -0.376 e. The van der Waals surface area contributed by atoms with E-state index in [1.165, 1.54) is 6.07 Å². The summed E-state index contributed by atoms with van der Waals surface area (Å²) < 4.78 is 36.9. The van der Waals surface area contributed by atoms with Crippen LogP contribution in [-0.2, 0) is 5.60 Å². The number of alkyl halides is 3. The quantitative estimate of drug-likeness (QED) is 0.745. The fraction of sp³-hybridized carbons (Fsp3) is 0.375. The molecule has 0 amide bonds. The van der Waals surface area contributed by atoms with Gasteiger partial charge in [0.1, 0.15) is 5.15 Å². The molecule has 14 heavy (non-hydrogen) atoms. The standard InChI is InChI=1S/C8H7ClF3NO/c1-7(14,8(10,11)12)5-2-3-6(9)13-4-5/h2-4,14H,1H3/t7-/m0/s1. The maximum absolute atomic E-state index is 12.3. The molecule has 1 atom stereocenters. The van der Waals surface area contributed by atoms with Crippen molar-refractivity contribution in [3.8, 4) is 0 Å². The maximum atomic E-state index is 12.3. The van der Waals surface area contributed by atoms with Crippen molar-refractivity contribution in [1.82, 2.24) is 4.98 Å². The van der Waals surface area contributed by atoms with Crippen LogP contribution in [0, 0.1) is 0 Å². The van der Waals surface area contributed by atoms with Gasteiger partial charge in [-0.2, -0.15) is 13.2 Å². The summed E-state index contributed by atoms with van der Waals surface area (Å²) >= 11 is 5.40. The molecule has 1 rings (SSSR count). The molecular weight excluding hydrogens is 219 g/mol. The van der Waals surface area contributed by atoms with Gasteiger partial charge in [-0.15, -0.1) is 0 Å².